The van der Waals surface area contributed by atoms with Gasteiger partial charge in [-0.1, -0.05) is 54.5 Å². The largest absolute Gasteiger partial charge is 0.488 e. The molecule has 3 fully saturated rings. The average molecular weight is 599 g/mol. The number of rotatable bonds is 7. The summed E-state index contributed by atoms with van der Waals surface area (Å²) in [5, 5.41) is 11.8. The molecule has 1 heterocycles. The van der Waals surface area contributed by atoms with E-state index in [-0.39, 0.29) is 24.2 Å². The summed E-state index contributed by atoms with van der Waals surface area (Å²) < 4.78 is 7.01. The zero-order chi connectivity index (χ0) is 26.5. The van der Waals surface area contributed by atoms with Gasteiger partial charge in [0, 0.05) is 28.2 Å². The van der Waals surface area contributed by atoms with E-state index in [1.54, 1.807) is 12.1 Å². The Morgan fingerprint density at radius 3 is 2.39 bits per heavy atom. The van der Waals surface area contributed by atoms with E-state index in [0.717, 1.165) is 59.3 Å². The number of amidine groups is 1. The maximum Gasteiger partial charge on any atom is 0.269 e. The molecule has 1 amide bonds. The molecule has 0 unspecified atom stereocenters. The first kappa shape index (κ1) is 26.9. The molecule has 0 aromatic heterocycles. The van der Waals surface area contributed by atoms with Crippen molar-refractivity contribution in [2.45, 2.75) is 82.9 Å². The molecule has 2 aliphatic carbocycles. The summed E-state index contributed by atoms with van der Waals surface area (Å²) in [6.07, 6.45) is 13.4. The number of hydrogen-bond acceptors (Lipinski definition) is 6. The summed E-state index contributed by atoms with van der Waals surface area (Å²) in [6, 6.07) is 12.6. The second kappa shape index (κ2) is 12.5. The van der Waals surface area contributed by atoms with Crippen molar-refractivity contribution in [3.63, 3.8) is 0 Å². The van der Waals surface area contributed by atoms with Gasteiger partial charge in [-0.15, -0.1) is 0 Å². The van der Waals surface area contributed by atoms with E-state index in [2.05, 4.69) is 15.9 Å². The van der Waals surface area contributed by atoms with Gasteiger partial charge >= 0.3 is 0 Å². The first-order valence-electron chi connectivity index (χ1n) is 13.4. The van der Waals surface area contributed by atoms with Crippen LogP contribution in [-0.2, 0) is 11.4 Å². The van der Waals surface area contributed by atoms with Crippen molar-refractivity contribution in [2.24, 2.45) is 4.99 Å². The van der Waals surface area contributed by atoms with Crippen LogP contribution in [0.2, 0.25) is 0 Å². The van der Waals surface area contributed by atoms with E-state index in [1.807, 2.05) is 29.2 Å². The quantitative estimate of drug-likeness (QED) is 0.184. The van der Waals surface area contributed by atoms with Gasteiger partial charge in [0.1, 0.15) is 12.4 Å². The lowest BCUT2D eigenvalue weighted by atomic mass is 9.94. The van der Waals surface area contributed by atoms with Crippen LogP contribution in [0, 0.1) is 10.1 Å². The second-order valence-corrected chi connectivity index (χ2v) is 12.1. The lowest BCUT2D eigenvalue weighted by Gasteiger charge is -2.31. The van der Waals surface area contributed by atoms with Crippen molar-refractivity contribution in [2.75, 3.05) is 0 Å². The van der Waals surface area contributed by atoms with E-state index in [1.165, 1.54) is 49.6 Å². The Balaban J connectivity index is 1.40. The van der Waals surface area contributed by atoms with Gasteiger partial charge in [0.05, 0.1) is 15.9 Å². The number of carbonyl (C=O) groups excluding carboxylic acids is 1. The van der Waals surface area contributed by atoms with Crippen LogP contribution in [0.5, 0.6) is 5.75 Å². The van der Waals surface area contributed by atoms with Gasteiger partial charge in [0.25, 0.3) is 11.6 Å². The average Bonchev–Trinajstić information content (AvgIpc) is 3.23. The van der Waals surface area contributed by atoms with Crippen LogP contribution < -0.4 is 4.74 Å². The first-order chi connectivity index (χ1) is 18.5. The fraction of sp³-hybridized carbons (Fsp3) is 0.448. The molecule has 2 aromatic carbocycles. The highest BCUT2D eigenvalue weighted by Crippen LogP contribution is 2.39. The van der Waals surface area contributed by atoms with Crippen molar-refractivity contribution in [1.29, 1.82) is 0 Å². The number of amides is 1. The molecule has 0 radical (unpaired) electrons. The summed E-state index contributed by atoms with van der Waals surface area (Å²) in [5.41, 5.74) is 1.68. The summed E-state index contributed by atoms with van der Waals surface area (Å²) in [4.78, 5) is 32.1. The fourth-order valence-electron chi connectivity index (χ4n) is 5.38. The highest BCUT2D eigenvalue weighted by atomic mass is 79.9. The van der Waals surface area contributed by atoms with E-state index in [4.69, 9.17) is 9.73 Å². The summed E-state index contributed by atoms with van der Waals surface area (Å²) in [7, 11) is 0. The molecule has 5 rings (SSSR count). The van der Waals surface area contributed by atoms with E-state index in [0.29, 0.717) is 16.7 Å². The number of halogens is 1. The predicted octanol–water partition coefficient (Wildman–Crippen LogP) is 7.87. The molecular weight excluding hydrogens is 566 g/mol. The molecule has 38 heavy (non-hydrogen) atoms. The molecule has 0 bridgehead atoms. The Morgan fingerprint density at radius 1 is 1.03 bits per heavy atom. The molecule has 200 valence electrons. The molecule has 7 nitrogen and oxygen atoms in total. The number of nitro groups is 1. The van der Waals surface area contributed by atoms with Crippen LogP contribution >= 0.6 is 27.7 Å². The van der Waals surface area contributed by atoms with Crippen molar-refractivity contribution in [1.82, 2.24) is 4.90 Å². The van der Waals surface area contributed by atoms with Crippen molar-refractivity contribution in [3.8, 4) is 5.75 Å². The Labute approximate surface area is 236 Å². The summed E-state index contributed by atoms with van der Waals surface area (Å²) >= 11 is 5.05. The summed E-state index contributed by atoms with van der Waals surface area (Å²) in [6.45, 7) is 0.263. The number of benzene rings is 2. The van der Waals surface area contributed by atoms with Gasteiger partial charge in [0.15, 0.2) is 5.17 Å². The number of hydrogen-bond donors (Lipinski definition) is 0. The van der Waals surface area contributed by atoms with Crippen LogP contribution in [0.1, 0.15) is 75.3 Å². The molecule has 2 saturated carbocycles. The smallest absolute Gasteiger partial charge is 0.269 e. The lowest BCUT2D eigenvalue weighted by molar-refractivity contribution is -0.384. The van der Waals surface area contributed by atoms with Gasteiger partial charge < -0.3 is 4.74 Å². The van der Waals surface area contributed by atoms with Crippen LogP contribution in [-0.4, -0.2) is 33.0 Å². The first-order valence-corrected chi connectivity index (χ1v) is 15.1. The zero-order valence-corrected chi connectivity index (χ0v) is 23.7. The van der Waals surface area contributed by atoms with Crippen LogP contribution in [0.25, 0.3) is 6.08 Å². The third kappa shape index (κ3) is 6.49. The predicted molar refractivity (Wildman–Crippen MR) is 155 cm³/mol. The molecular formula is C29H32BrN3O4S. The van der Waals surface area contributed by atoms with Gasteiger partial charge in [-0.3, -0.25) is 24.8 Å². The number of nitrogens with zero attached hydrogens (tertiary/aromatic N) is 3. The molecule has 0 spiro atoms. The van der Waals surface area contributed by atoms with Crippen LogP contribution in [0.4, 0.5) is 5.69 Å². The minimum Gasteiger partial charge on any atom is -0.488 e. The normalized spacial score (nSPS) is 21.4. The highest BCUT2D eigenvalue weighted by Gasteiger charge is 2.39. The Hall–Kier alpha value is -2.65. The van der Waals surface area contributed by atoms with Crippen molar-refractivity contribution in [3.05, 3.63) is 73.1 Å². The minimum absolute atomic E-state index is 0.0396. The molecule has 9 heteroatoms. The molecule has 0 N–H and O–H groups in total. The Bertz CT molecular complexity index is 1230. The third-order valence-electron chi connectivity index (χ3n) is 7.44. The number of nitro benzene ring substituents is 1. The molecule has 2 aromatic rings. The second-order valence-electron chi connectivity index (χ2n) is 10.2. The monoisotopic (exact) mass is 597 g/mol. The highest BCUT2D eigenvalue weighted by molar-refractivity contribution is 9.10. The van der Waals surface area contributed by atoms with Gasteiger partial charge in [-0.05, 0) is 79.4 Å². The lowest BCUT2D eigenvalue weighted by Crippen LogP contribution is -2.41. The van der Waals surface area contributed by atoms with E-state index < -0.39 is 4.92 Å². The van der Waals surface area contributed by atoms with E-state index >= 15 is 0 Å². The molecule has 1 saturated heterocycles. The maximum absolute atomic E-state index is 13.8. The number of non-ortho nitro benzene ring substituents is 1. The minimum atomic E-state index is -0.414. The van der Waals surface area contributed by atoms with E-state index in [9.17, 15) is 14.9 Å². The fourth-order valence-corrected chi connectivity index (χ4v) is 6.86. The maximum atomic E-state index is 13.8. The number of ether oxygens (including phenoxy) is 1. The Morgan fingerprint density at radius 2 is 1.71 bits per heavy atom. The molecule has 3 aliphatic rings. The zero-order valence-electron chi connectivity index (χ0n) is 21.3. The standard InChI is InChI=1S/C29H32BrN3O4S/c30-22-13-16-26(37-19-20-11-14-25(15-12-20)33(35)36)21(17-22)18-27-28(34)32(24-9-5-2-6-10-24)29(38-27)31-23-7-3-1-4-8-23/h11-18,23-24H,1-10,19H2. The van der Waals surface area contributed by atoms with Crippen LogP contribution in [0.3, 0.4) is 0 Å². The Kier molecular flexibility index (Phi) is 8.84. The topological polar surface area (TPSA) is 85.0 Å². The SMILES string of the molecule is O=C1C(=Cc2cc(Br)ccc2OCc2ccc([N+](=O)[O-])cc2)SC(=NC2CCCCC2)N1C1CCCCC1. The summed E-state index contributed by atoms with van der Waals surface area (Å²) in [5.74, 6) is 0.687. The van der Waals surface area contributed by atoms with Gasteiger partial charge in [-0.25, -0.2) is 0 Å². The number of aliphatic imine (C=N–C) groups is 1. The molecule has 1 aliphatic heterocycles. The van der Waals surface area contributed by atoms with Gasteiger partial charge in [-0.2, -0.15) is 0 Å². The number of carbonyl (C=O) groups is 1. The molecule has 0 atom stereocenters. The van der Waals surface area contributed by atoms with Crippen molar-refractivity contribution >= 4 is 50.5 Å². The van der Waals surface area contributed by atoms with Crippen LogP contribution in [0.15, 0.2) is 56.8 Å². The number of thioether (sulfide) groups is 1. The van der Waals surface area contributed by atoms with Crippen molar-refractivity contribution < 1.29 is 14.5 Å². The van der Waals surface area contributed by atoms with Gasteiger partial charge in [0.2, 0.25) is 0 Å². The third-order valence-corrected chi connectivity index (χ3v) is 8.93.